The lowest BCUT2D eigenvalue weighted by molar-refractivity contribution is -0.261. The lowest BCUT2D eigenvalue weighted by atomic mass is 9.94. The Morgan fingerprint density at radius 3 is 2.24 bits per heavy atom. The number of nitrogens with one attached hydrogen (secondary N) is 3. The number of likely N-dealkylation sites (tertiary alicyclic amines) is 1. The molecule has 45 heavy (non-hydrogen) atoms. The van der Waals surface area contributed by atoms with Gasteiger partial charge in [-0.3, -0.25) is 14.5 Å². The fourth-order valence-corrected chi connectivity index (χ4v) is 5.85. The average Bonchev–Trinajstić information content (AvgIpc) is 3.03. The second-order valence-corrected chi connectivity index (χ2v) is 12.5. The highest BCUT2D eigenvalue weighted by atomic mass is 16.6. The maximum Gasteiger partial charge on any atom is 0.408 e. The van der Waals surface area contributed by atoms with Gasteiger partial charge in [0.25, 0.3) is 0 Å². The first-order valence-electron chi connectivity index (χ1n) is 16.0. The maximum atomic E-state index is 13.7. The van der Waals surface area contributed by atoms with Gasteiger partial charge < -0.3 is 35.4 Å². The summed E-state index contributed by atoms with van der Waals surface area (Å²) in [6, 6.07) is 16.4. The van der Waals surface area contributed by atoms with Crippen LogP contribution in [0.4, 0.5) is 4.79 Å². The van der Waals surface area contributed by atoms with Gasteiger partial charge in [-0.1, -0.05) is 80.9 Å². The lowest BCUT2D eigenvalue weighted by Gasteiger charge is -2.45. The van der Waals surface area contributed by atoms with Gasteiger partial charge in [-0.15, -0.1) is 0 Å². The van der Waals surface area contributed by atoms with Crippen molar-refractivity contribution in [2.45, 2.75) is 70.1 Å². The first-order valence-corrected chi connectivity index (χ1v) is 16.0. The van der Waals surface area contributed by atoms with E-state index in [1.165, 1.54) is 19.3 Å². The van der Waals surface area contributed by atoms with Gasteiger partial charge in [0, 0.05) is 13.1 Å². The molecule has 0 saturated carbocycles. The van der Waals surface area contributed by atoms with E-state index in [-0.39, 0.29) is 38.0 Å². The molecular formula is C34H49N5O6. The van der Waals surface area contributed by atoms with Gasteiger partial charge >= 0.3 is 6.09 Å². The van der Waals surface area contributed by atoms with E-state index in [9.17, 15) is 19.5 Å². The van der Waals surface area contributed by atoms with Crippen molar-refractivity contribution >= 4 is 17.9 Å². The van der Waals surface area contributed by atoms with Crippen molar-refractivity contribution in [2.24, 2.45) is 5.92 Å². The number of nitrogens with zero attached hydrogens (tertiary/aromatic N) is 2. The van der Waals surface area contributed by atoms with Crippen molar-refractivity contribution < 1.29 is 29.0 Å². The quantitative estimate of drug-likeness (QED) is 0.267. The lowest BCUT2D eigenvalue weighted by Crippen LogP contribution is -2.68. The number of morpholine rings is 1. The number of benzene rings is 2. The number of carbonyl (C=O) groups excluding carboxylic acids is 3. The minimum absolute atomic E-state index is 0.00607. The fourth-order valence-electron chi connectivity index (χ4n) is 5.85. The van der Waals surface area contributed by atoms with Crippen LogP contribution in [-0.4, -0.2) is 103 Å². The molecule has 0 aromatic heterocycles. The number of likely N-dealkylation sites (N-methyl/N-ethyl adjacent to an activating group) is 1. The summed E-state index contributed by atoms with van der Waals surface area (Å²) in [6.07, 6.45) is 3.20. The molecule has 0 bridgehead atoms. The average molecular weight is 624 g/mol. The Labute approximate surface area is 266 Å². The molecule has 4 rings (SSSR count). The number of β-amino-alcohol motifs (C(OH)–C–C–N with tert-alkyl or cyclic N) is 1. The number of aliphatic hydroxyl groups is 1. The summed E-state index contributed by atoms with van der Waals surface area (Å²) < 4.78 is 11.4. The Morgan fingerprint density at radius 1 is 0.978 bits per heavy atom. The van der Waals surface area contributed by atoms with Crippen LogP contribution in [0.15, 0.2) is 60.7 Å². The van der Waals surface area contributed by atoms with Crippen LogP contribution in [-0.2, 0) is 32.1 Å². The van der Waals surface area contributed by atoms with E-state index in [0.29, 0.717) is 6.54 Å². The smallest absolute Gasteiger partial charge is 0.408 e. The van der Waals surface area contributed by atoms with Gasteiger partial charge in [0.1, 0.15) is 18.7 Å². The van der Waals surface area contributed by atoms with E-state index in [1.54, 1.807) is 11.9 Å². The SMILES string of the molecule is CC(C)[C@H](NC(=O)OCc1ccccc1)C(=O)NC(Cc1ccccc1)C1(O)CN(C)C(C(=O)NCCN2CCCCC2)CO1. The summed E-state index contributed by atoms with van der Waals surface area (Å²) in [5, 5.41) is 20.5. The highest BCUT2D eigenvalue weighted by molar-refractivity contribution is 5.86. The van der Waals surface area contributed by atoms with Crippen LogP contribution in [0.5, 0.6) is 0 Å². The number of alkyl carbamates (subject to hydrolysis) is 1. The molecule has 11 heteroatoms. The topological polar surface area (TPSA) is 132 Å². The molecule has 2 aliphatic heterocycles. The molecule has 2 aromatic carbocycles. The van der Waals surface area contributed by atoms with Gasteiger partial charge in [0.15, 0.2) is 5.79 Å². The first kappa shape index (κ1) is 34.4. The Hall–Kier alpha value is -3.51. The molecule has 2 saturated heterocycles. The minimum atomic E-state index is -1.79. The number of ether oxygens (including phenoxy) is 2. The summed E-state index contributed by atoms with van der Waals surface area (Å²) in [5.74, 6) is -2.69. The van der Waals surface area contributed by atoms with Gasteiger partial charge in [-0.25, -0.2) is 4.79 Å². The van der Waals surface area contributed by atoms with Gasteiger partial charge in [0.05, 0.1) is 19.2 Å². The van der Waals surface area contributed by atoms with Crippen LogP contribution in [0.3, 0.4) is 0 Å². The molecule has 3 unspecified atom stereocenters. The number of rotatable bonds is 13. The second kappa shape index (κ2) is 16.7. The minimum Gasteiger partial charge on any atom is -0.445 e. The maximum absolute atomic E-state index is 13.7. The first-order chi connectivity index (χ1) is 21.6. The molecule has 4 N–H and O–H groups in total. The largest absolute Gasteiger partial charge is 0.445 e. The van der Waals surface area contributed by atoms with Crippen LogP contribution in [0, 0.1) is 5.92 Å². The summed E-state index contributed by atoms with van der Waals surface area (Å²) >= 11 is 0. The van der Waals surface area contributed by atoms with E-state index >= 15 is 0 Å². The molecule has 4 atom stereocenters. The molecule has 2 aromatic rings. The Bertz CT molecular complexity index is 1230. The highest BCUT2D eigenvalue weighted by Gasteiger charge is 2.47. The van der Waals surface area contributed by atoms with Gasteiger partial charge in [-0.2, -0.15) is 0 Å². The van der Waals surface area contributed by atoms with E-state index in [0.717, 1.165) is 30.8 Å². The van der Waals surface area contributed by atoms with Crippen molar-refractivity contribution in [1.82, 2.24) is 25.8 Å². The van der Waals surface area contributed by atoms with Crippen LogP contribution >= 0.6 is 0 Å². The molecule has 2 aliphatic rings. The van der Waals surface area contributed by atoms with E-state index in [4.69, 9.17) is 9.47 Å². The zero-order chi connectivity index (χ0) is 32.2. The Kier molecular flexibility index (Phi) is 12.8. The predicted molar refractivity (Wildman–Crippen MR) is 171 cm³/mol. The zero-order valence-corrected chi connectivity index (χ0v) is 26.7. The second-order valence-electron chi connectivity index (χ2n) is 12.5. The third-order valence-corrected chi connectivity index (χ3v) is 8.56. The molecule has 3 amide bonds. The molecule has 11 nitrogen and oxygen atoms in total. The summed E-state index contributed by atoms with van der Waals surface area (Å²) in [4.78, 5) is 43.5. The van der Waals surface area contributed by atoms with Crippen LogP contribution in [0.1, 0.15) is 44.2 Å². The monoisotopic (exact) mass is 623 g/mol. The molecule has 2 fully saturated rings. The van der Waals surface area contributed by atoms with Crippen molar-refractivity contribution in [3.63, 3.8) is 0 Å². The zero-order valence-electron chi connectivity index (χ0n) is 26.7. The molecule has 246 valence electrons. The molecule has 2 heterocycles. The third-order valence-electron chi connectivity index (χ3n) is 8.56. The molecular weight excluding hydrogens is 574 g/mol. The van der Waals surface area contributed by atoms with E-state index in [2.05, 4.69) is 20.9 Å². The molecule has 0 radical (unpaired) electrons. The highest BCUT2D eigenvalue weighted by Crippen LogP contribution is 2.25. The predicted octanol–water partition coefficient (Wildman–Crippen LogP) is 2.29. The van der Waals surface area contributed by atoms with Crippen LogP contribution in [0.2, 0.25) is 0 Å². The standard InChI is InChI=1S/C34H49N5O6/c1-25(2)30(37-33(42)44-22-27-15-9-5-10-16-27)32(41)36-29(21-26-13-7-4-8-14-26)34(43)24-38(3)28(23-45-34)31(40)35-17-20-39-18-11-6-12-19-39/h4-5,7-10,13-16,25,28-30,43H,6,11-12,17-24H2,1-3H3,(H,35,40)(H,36,41)(H,37,42)/t28?,29?,30-,34?/m0/s1. The summed E-state index contributed by atoms with van der Waals surface area (Å²) in [6.45, 7) is 7.15. The Morgan fingerprint density at radius 2 is 1.62 bits per heavy atom. The number of amides is 3. The number of hydrogen-bond acceptors (Lipinski definition) is 8. The van der Waals surface area contributed by atoms with Crippen molar-refractivity contribution in [3.05, 3.63) is 71.8 Å². The van der Waals surface area contributed by atoms with Crippen LogP contribution in [0.25, 0.3) is 0 Å². The normalized spacial score (nSPS) is 22.3. The third kappa shape index (κ3) is 10.3. The summed E-state index contributed by atoms with van der Waals surface area (Å²) in [7, 11) is 1.77. The number of hydrogen-bond donors (Lipinski definition) is 4. The summed E-state index contributed by atoms with van der Waals surface area (Å²) in [5.41, 5.74) is 1.72. The Balaban J connectivity index is 1.39. The van der Waals surface area contributed by atoms with Crippen molar-refractivity contribution in [1.29, 1.82) is 0 Å². The van der Waals surface area contributed by atoms with Gasteiger partial charge in [-0.05, 0) is 56.4 Å². The van der Waals surface area contributed by atoms with E-state index < -0.39 is 35.9 Å². The van der Waals surface area contributed by atoms with Crippen molar-refractivity contribution in [3.8, 4) is 0 Å². The molecule has 0 spiro atoms. The van der Waals surface area contributed by atoms with Crippen LogP contribution < -0.4 is 16.0 Å². The van der Waals surface area contributed by atoms with Crippen molar-refractivity contribution in [2.75, 3.05) is 46.4 Å². The molecule has 0 aliphatic carbocycles. The van der Waals surface area contributed by atoms with E-state index in [1.807, 2.05) is 74.5 Å². The number of piperidine rings is 1. The fraction of sp³-hybridized carbons (Fsp3) is 0.559. The van der Waals surface area contributed by atoms with Gasteiger partial charge in [0.2, 0.25) is 11.8 Å². The number of carbonyl (C=O) groups is 3.